The fourth-order valence-corrected chi connectivity index (χ4v) is 1.34. The van der Waals surface area contributed by atoms with Crippen molar-refractivity contribution in [1.29, 1.82) is 0 Å². The van der Waals surface area contributed by atoms with E-state index in [0.717, 1.165) is 19.0 Å². The van der Waals surface area contributed by atoms with Crippen molar-refractivity contribution in [2.75, 3.05) is 6.54 Å². The summed E-state index contributed by atoms with van der Waals surface area (Å²) in [5.74, 6) is -1.48. The minimum atomic E-state index is -0.763. The van der Waals surface area contributed by atoms with Crippen molar-refractivity contribution in [3.63, 3.8) is 0 Å². The van der Waals surface area contributed by atoms with Crippen LogP contribution < -0.4 is 5.32 Å². The molecule has 1 aromatic carbocycles. The summed E-state index contributed by atoms with van der Waals surface area (Å²) < 4.78 is 25.8. The van der Waals surface area contributed by atoms with Gasteiger partial charge in [0.15, 0.2) is 11.6 Å². The van der Waals surface area contributed by atoms with E-state index >= 15 is 0 Å². The van der Waals surface area contributed by atoms with Gasteiger partial charge in [0.05, 0.1) is 0 Å². The maximum Gasteiger partial charge on any atom is 0.163 e. The molecule has 0 amide bonds. The lowest BCUT2D eigenvalue weighted by molar-refractivity contribution is 0.363. The fourth-order valence-electron chi connectivity index (χ4n) is 1.34. The van der Waals surface area contributed by atoms with Gasteiger partial charge in [-0.2, -0.15) is 0 Å². The molecule has 2 rings (SSSR count). The first-order chi connectivity index (χ1) is 5.79. The molecule has 4 heteroatoms. The summed E-state index contributed by atoms with van der Waals surface area (Å²) >= 11 is 0. The Kier molecular flexibility index (Phi) is 3.22. The average molecular weight is 206 g/mol. The van der Waals surface area contributed by atoms with Crippen molar-refractivity contribution < 1.29 is 8.78 Å². The van der Waals surface area contributed by atoms with Crippen molar-refractivity contribution >= 4 is 12.4 Å². The van der Waals surface area contributed by atoms with Gasteiger partial charge in [-0.3, -0.25) is 0 Å². The second kappa shape index (κ2) is 4.03. The lowest BCUT2D eigenvalue weighted by atomic mass is 9.97. The van der Waals surface area contributed by atoms with Crippen LogP contribution >= 0.6 is 12.4 Å². The first-order valence-corrected chi connectivity index (χ1v) is 3.96. The van der Waals surface area contributed by atoms with E-state index in [1.807, 2.05) is 0 Å². The Labute approximate surface area is 81.6 Å². The average Bonchev–Trinajstić information content (AvgIpc) is 1.95. The molecular formula is C9H10ClF2N. The Hall–Kier alpha value is -0.670. The number of benzene rings is 1. The highest BCUT2D eigenvalue weighted by Gasteiger charge is 2.22. The van der Waals surface area contributed by atoms with Crippen LogP contribution in [0, 0.1) is 11.6 Å². The van der Waals surface area contributed by atoms with Crippen LogP contribution in [0.2, 0.25) is 0 Å². The van der Waals surface area contributed by atoms with E-state index < -0.39 is 11.6 Å². The molecule has 1 N–H and O–H groups in total. The summed E-state index contributed by atoms with van der Waals surface area (Å²) in [6, 6.07) is 4.31. The highest BCUT2D eigenvalue weighted by atomic mass is 35.5. The second-order valence-electron chi connectivity index (χ2n) is 2.94. The Morgan fingerprint density at radius 1 is 1.31 bits per heavy atom. The number of halogens is 3. The summed E-state index contributed by atoms with van der Waals surface area (Å²) in [7, 11) is 0. The molecule has 1 aliphatic heterocycles. The standard InChI is InChI=1S/C9H9F2N.ClH/c10-7-3-1-2-6(9(7)11)8-4-5-12-8;/h1-3,8,12H,4-5H2;1H/t8-;/m0./s1. The second-order valence-corrected chi connectivity index (χ2v) is 2.94. The van der Waals surface area contributed by atoms with E-state index in [1.165, 1.54) is 6.07 Å². The number of hydrogen-bond donors (Lipinski definition) is 1. The molecule has 0 saturated carbocycles. The minimum absolute atomic E-state index is 0. The highest BCUT2D eigenvalue weighted by Crippen LogP contribution is 2.25. The Morgan fingerprint density at radius 2 is 2.00 bits per heavy atom. The van der Waals surface area contributed by atoms with E-state index in [0.29, 0.717) is 5.56 Å². The fraction of sp³-hybridized carbons (Fsp3) is 0.333. The molecule has 0 aliphatic carbocycles. The smallest absolute Gasteiger partial charge is 0.163 e. The summed E-state index contributed by atoms with van der Waals surface area (Å²) in [5, 5.41) is 3.02. The van der Waals surface area contributed by atoms with Gasteiger partial charge in [-0.25, -0.2) is 8.78 Å². The molecule has 1 nitrogen and oxygen atoms in total. The molecule has 72 valence electrons. The van der Waals surface area contributed by atoms with Crippen molar-refractivity contribution in [2.24, 2.45) is 0 Å². The predicted molar refractivity (Wildman–Crippen MR) is 49.0 cm³/mol. The first kappa shape index (κ1) is 10.4. The number of nitrogens with one attached hydrogen (secondary N) is 1. The molecule has 0 aromatic heterocycles. The minimum Gasteiger partial charge on any atom is -0.310 e. The molecule has 1 aliphatic rings. The van der Waals surface area contributed by atoms with Crippen LogP contribution in [0.15, 0.2) is 18.2 Å². The Bertz CT molecular complexity index is 300. The SMILES string of the molecule is Cl.Fc1cccc([C@@H]2CCN2)c1F. The van der Waals surface area contributed by atoms with Crippen LogP contribution in [-0.4, -0.2) is 6.54 Å². The monoisotopic (exact) mass is 205 g/mol. The van der Waals surface area contributed by atoms with Crippen LogP contribution in [-0.2, 0) is 0 Å². The van der Waals surface area contributed by atoms with Crippen LogP contribution in [0.4, 0.5) is 8.78 Å². The van der Waals surface area contributed by atoms with E-state index in [9.17, 15) is 8.78 Å². The summed E-state index contributed by atoms with van der Waals surface area (Å²) in [5.41, 5.74) is 0.446. The molecule has 0 bridgehead atoms. The van der Waals surface area contributed by atoms with Crippen LogP contribution in [0.1, 0.15) is 18.0 Å². The van der Waals surface area contributed by atoms with E-state index in [1.54, 1.807) is 6.07 Å². The third kappa shape index (κ3) is 1.81. The van der Waals surface area contributed by atoms with Gasteiger partial charge in [-0.05, 0) is 19.0 Å². The Balaban J connectivity index is 0.000000845. The van der Waals surface area contributed by atoms with Crippen LogP contribution in [0.5, 0.6) is 0 Å². The molecule has 0 unspecified atom stereocenters. The van der Waals surface area contributed by atoms with Crippen molar-refractivity contribution in [2.45, 2.75) is 12.5 Å². The summed E-state index contributed by atoms with van der Waals surface area (Å²) in [6.07, 6.45) is 0.889. The zero-order valence-electron chi connectivity index (χ0n) is 6.89. The van der Waals surface area contributed by atoms with Gasteiger partial charge in [-0.1, -0.05) is 12.1 Å². The molecular weight excluding hydrogens is 196 g/mol. The number of rotatable bonds is 1. The molecule has 1 atom stereocenters. The molecule has 0 radical (unpaired) electrons. The lowest BCUT2D eigenvalue weighted by Crippen LogP contribution is -2.35. The van der Waals surface area contributed by atoms with Gasteiger partial charge in [-0.15, -0.1) is 12.4 Å². The van der Waals surface area contributed by atoms with Gasteiger partial charge in [0.2, 0.25) is 0 Å². The van der Waals surface area contributed by atoms with Crippen molar-refractivity contribution in [3.05, 3.63) is 35.4 Å². The van der Waals surface area contributed by atoms with E-state index in [2.05, 4.69) is 5.32 Å². The van der Waals surface area contributed by atoms with Crippen LogP contribution in [0.25, 0.3) is 0 Å². The normalized spacial score (nSPS) is 20.3. The summed E-state index contributed by atoms with van der Waals surface area (Å²) in [4.78, 5) is 0. The molecule has 0 spiro atoms. The molecule has 1 aromatic rings. The number of hydrogen-bond acceptors (Lipinski definition) is 1. The van der Waals surface area contributed by atoms with E-state index in [4.69, 9.17) is 0 Å². The molecule has 1 heterocycles. The quantitative estimate of drug-likeness (QED) is 0.743. The topological polar surface area (TPSA) is 12.0 Å². The maximum atomic E-state index is 13.1. The third-order valence-electron chi connectivity index (χ3n) is 2.18. The largest absolute Gasteiger partial charge is 0.310 e. The van der Waals surface area contributed by atoms with E-state index in [-0.39, 0.29) is 18.4 Å². The van der Waals surface area contributed by atoms with Crippen molar-refractivity contribution in [3.8, 4) is 0 Å². The zero-order valence-corrected chi connectivity index (χ0v) is 7.70. The molecule has 1 saturated heterocycles. The van der Waals surface area contributed by atoms with Gasteiger partial charge < -0.3 is 5.32 Å². The predicted octanol–water partition coefficient (Wildman–Crippen LogP) is 2.42. The summed E-state index contributed by atoms with van der Waals surface area (Å²) in [6.45, 7) is 0.890. The highest BCUT2D eigenvalue weighted by molar-refractivity contribution is 5.85. The third-order valence-corrected chi connectivity index (χ3v) is 2.18. The first-order valence-electron chi connectivity index (χ1n) is 3.96. The lowest BCUT2D eigenvalue weighted by Gasteiger charge is -2.28. The van der Waals surface area contributed by atoms with Gasteiger partial charge in [0.25, 0.3) is 0 Å². The van der Waals surface area contributed by atoms with Gasteiger partial charge >= 0.3 is 0 Å². The van der Waals surface area contributed by atoms with Crippen molar-refractivity contribution in [1.82, 2.24) is 5.32 Å². The maximum absolute atomic E-state index is 13.1. The van der Waals surface area contributed by atoms with Gasteiger partial charge in [0, 0.05) is 11.6 Å². The Morgan fingerprint density at radius 3 is 2.54 bits per heavy atom. The van der Waals surface area contributed by atoms with Crippen LogP contribution in [0.3, 0.4) is 0 Å². The van der Waals surface area contributed by atoms with Gasteiger partial charge in [0.1, 0.15) is 0 Å². The zero-order chi connectivity index (χ0) is 8.55. The molecule has 1 fully saturated rings. The molecule has 13 heavy (non-hydrogen) atoms.